The number of hydrogen-bond donors (Lipinski definition) is 1. The van der Waals surface area contributed by atoms with E-state index in [-0.39, 0.29) is 5.91 Å². The van der Waals surface area contributed by atoms with Crippen molar-refractivity contribution in [1.82, 2.24) is 20.3 Å². The van der Waals surface area contributed by atoms with Crippen LogP contribution in [0.4, 0.5) is 0 Å². The van der Waals surface area contributed by atoms with Crippen molar-refractivity contribution in [3.05, 3.63) is 62.8 Å². The molecular formula is C18H16Cl2N4OS. The SMILES string of the molecule is CCc1nc(-c2ncccn2)sc1C(=O)NCCc1ccc(Cl)cc1Cl. The molecule has 2 aromatic heterocycles. The Bertz CT molecular complexity index is 915. The minimum Gasteiger partial charge on any atom is -0.351 e. The van der Waals surface area contributed by atoms with Gasteiger partial charge in [-0.25, -0.2) is 15.0 Å². The molecule has 0 radical (unpaired) electrons. The van der Waals surface area contributed by atoms with Gasteiger partial charge in [0.25, 0.3) is 5.91 Å². The summed E-state index contributed by atoms with van der Waals surface area (Å²) in [5.41, 5.74) is 1.69. The molecular weight excluding hydrogens is 391 g/mol. The van der Waals surface area contributed by atoms with Crippen molar-refractivity contribution in [3.8, 4) is 10.8 Å². The van der Waals surface area contributed by atoms with Crippen molar-refractivity contribution >= 4 is 40.4 Å². The minimum atomic E-state index is -0.147. The number of hydrogen-bond acceptors (Lipinski definition) is 5. The predicted octanol–water partition coefficient (Wildman–Crippen LogP) is 4.44. The summed E-state index contributed by atoms with van der Waals surface area (Å²) in [6.45, 7) is 2.44. The Hall–Kier alpha value is -2.02. The van der Waals surface area contributed by atoms with Crippen molar-refractivity contribution in [2.24, 2.45) is 0 Å². The average Bonchev–Trinajstić information content (AvgIpc) is 3.09. The van der Waals surface area contributed by atoms with Crippen LogP contribution in [0, 0.1) is 0 Å². The van der Waals surface area contributed by atoms with Crippen LogP contribution >= 0.6 is 34.5 Å². The summed E-state index contributed by atoms with van der Waals surface area (Å²) in [4.78, 5) is 26.1. The molecule has 134 valence electrons. The van der Waals surface area contributed by atoms with E-state index >= 15 is 0 Å². The van der Waals surface area contributed by atoms with E-state index in [2.05, 4.69) is 20.3 Å². The molecule has 0 atom stereocenters. The molecule has 0 saturated heterocycles. The number of aryl methyl sites for hydroxylation is 1. The lowest BCUT2D eigenvalue weighted by atomic mass is 10.1. The molecule has 0 spiro atoms. The molecule has 3 aromatic rings. The third-order valence-corrected chi connectivity index (χ3v) is 5.37. The summed E-state index contributed by atoms with van der Waals surface area (Å²) in [7, 11) is 0. The zero-order chi connectivity index (χ0) is 18.5. The Morgan fingerprint density at radius 2 is 2.00 bits per heavy atom. The van der Waals surface area contributed by atoms with Crippen LogP contribution in [0.5, 0.6) is 0 Å². The van der Waals surface area contributed by atoms with Gasteiger partial charge < -0.3 is 5.32 Å². The molecule has 26 heavy (non-hydrogen) atoms. The van der Waals surface area contributed by atoms with Crippen LogP contribution in [0.2, 0.25) is 10.0 Å². The number of nitrogens with one attached hydrogen (secondary N) is 1. The van der Waals surface area contributed by atoms with Gasteiger partial charge in [0.05, 0.1) is 5.69 Å². The zero-order valence-corrected chi connectivity index (χ0v) is 16.3. The highest BCUT2D eigenvalue weighted by Gasteiger charge is 2.18. The molecule has 1 amide bonds. The monoisotopic (exact) mass is 406 g/mol. The highest BCUT2D eigenvalue weighted by Crippen LogP contribution is 2.26. The van der Waals surface area contributed by atoms with Gasteiger partial charge in [0.15, 0.2) is 10.8 Å². The molecule has 1 N–H and O–H groups in total. The van der Waals surface area contributed by atoms with E-state index in [0.29, 0.717) is 45.1 Å². The van der Waals surface area contributed by atoms with Crippen LogP contribution < -0.4 is 5.32 Å². The number of amides is 1. The molecule has 0 unspecified atom stereocenters. The molecule has 0 saturated carbocycles. The van der Waals surface area contributed by atoms with Crippen LogP contribution in [-0.4, -0.2) is 27.4 Å². The maximum absolute atomic E-state index is 12.6. The molecule has 0 aliphatic heterocycles. The van der Waals surface area contributed by atoms with Gasteiger partial charge in [0.2, 0.25) is 0 Å². The first-order valence-corrected chi connectivity index (χ1v) is 9.65. The molecule has 8 heteroatoms. The third-order valence-electron chi connectivity index (χ3n) is 3.69. The second kappa shape index (κ2) is 8.58. The fourth-order valence-corrected chi connectivity index (χ4v) is 3.91. The smallest absolute Gasteiger partial charge is 0.263 e. The standard InChI is InChI=1S/C18H16Cl2N4OS/c1-2-14-15(26-18(24-14)16-21-7-3-8-22-16)17(25)23-9-6-11-4-5-12(19)10-13(11)20/h3-5,7-8,10H,2,6,9H2,1H3,(H,23,25). The zero-order valence-electron chi connectivity index (χ0n) is 14.0. The Morgan fingerprint density at radius 1 is 1.23 bits per heavy atom. The minimum absolute atomic E-state index is 0.147. The number of benzene rings is 1. The maximum Gasteiger partial charge on any atom is 0.263 e. The van der Waals surface area contributed by atoms with Crippen LogP contribution in [0.25, 0.3) is 10.8 Å². The van der Waals surface area contributed by atoms with Crippen LogP contribution in [0.1, 0.15) is 27.9 Å². The summed E-state index contributed by atoms with van der Waals surface area (Å²) in [5, 5.41) is 4.77. The first-order chi connectivity index (χ1) is 12.6. The second-order valence-electron chi connectivity index (χ2n) is 5.46. The number of aromatic nitrogens is 3. The van der Waals surface area contributed by atoms with Gasteiger partial charge >= 0.3 is 0 Å². The number of thiazole rings is 1. The summed E-state index contributed by atoms with van der Waals surface area (Å²) in [6.07, 6.45) is 4.60. The fraction of sp³-hybridized carbons (Fsp3) is 0.222. The molecule has 0 bridgehead atoms. The van der Waals surface area contributed by atoms with E-state index in [9.17, 15) is 4.79 Å². The van der Waals surface area contributed by atoms with E-state index in [4.69, 9.17) is 23.2 Å². The number of carbonyl (C=O) groups excluding carboxylic acids is 1. The Morgan fingerprint density at radius 3 is 2.69 bits per heavy atom. The lowest BCUT2D eigenvalue weighted by molar-refractivity contribution is 0.0957. The third kappa shape index (κ3) is 4.38. The first kappa shape index (κ1) is 18.8. The molecule has 1 aromatic carbocycles. The quantitative estimate of drug-likeness (QED) is 0.656. The lowest BCUT2D eigenvalue weighted by Crippen LogP contribution is -2.25. The van der Waals surface area contributed by atoms with Gasteiger partial charge in [0, 0.05) is 29.0 Å². The van der Waals surface area contributed by atoms with Crippen LogP contribution in [-0.2, 0) is 12.8 Å². The fourth-order valence-electron chi connectivity index (χ4n) is 2.39. The molecule has 0 fully saturated rings. The second-order valence-corrected chi connectivity index (χ2v) is 7.31. The normalized spacial score (nSPS) is 10.7. The van der Waals surface area contributed by atoms with Gasteiger partial charge in [-0.05, 0) is 36.6 Å². The molecule has 0 aliphatic carbocycles. The summed E-state index contributed by atoms with van der Waals surface area (Å²) >= 11 is 13.4. The number of rotatable bonds is 6. The first-order valence-electron chi connectivity index (χ1n) is 8.07. The summed E-state index contributed by atoms with van der Waals surface area (Å²) in [5.74, 6) is 0.380. The van der Waals surface area contributed by atoms with Gasteiger partial charge in [-0.3, -0.25) is 4.79 Å². The number of nitrogens with zero attached hydrogens (tertiary/aromatic N) is 3. The van der Waals surface area contributed by atoms with Gasteiger partial charge in [-0.1, -0.05) is 36.2 Å². The molecule has 0 aliphatic rings. The Balaban J connectivity index is 1.68. The van der Waals surface area contributed by atoms with Gasteiger partial charge in [0.1, 0.15) is 4.88 Å². The van der Waals surface area contributed by atoms with E-state index in [0.717, 1.165) is 11.3 Å². The largest absolute Gasteiger partial charge is 0.351 e. The topological polar surface area (TPSA) is 67.8 Å². The van der Waals surface area contributed by atoms with Crippen molar-refractivity contribution < 1.29 is 4.79 Å². The van der Waals surface area contributed by atoms with Gasteiger partial charge in [-0.15, -0.1) is 11.3 Å². The molecule has 3 rings (SSSR count). The predicted molar refractivity (Wildman–Crippen MR) is 105 cm³/mol. The highest BCUT2D eigenvalue weighted by atomic mass is 35.5. The van der Waals surface area contributed by atoms with E-state index in [1.807, 2.05) is 13.0 Å². The Labute approximate surface area is 165 Å². The average molecular weight is 407 g/mol. The van der Waals surface area contributed by atoms with Gasteiger partial charge in [-0.2, -0.15) is 0 Å². The number of halogens is 2. The lowest BCUT2D eigenvalue weighted by Gasteiger charge is -2.07. The summed E-state index contributed by atoms with van der Waals surface area (Å²) in [6, 6.07) is 7.10. The maximum atomic E-state index is 12.6. The van der Waals surface area contributed by atoms with E-state index in [1.165, 1.54) is 11.3 Å². The van der Waals surface area contributed by atoms with E-state index < -0.39 is 0 Å². The van der Waals surface area contributed by atoms with Crippen LogP contribution in [0.15, 0.2) is 36.7 Å². The number of carbonyl (C=O) groups is 1. The molecule has 2 heterocycles. The van der Waals surface area contributed by atoms with Crippen molar-refractivity contribution in [2.45, 2.75) is 19.8 Å². The van der Waals surface area contributed by atoms with Crippen molar-refractivity contribution in [1.29, 1.82) is 0 Å². The Kier molecular flexibility index (Phi) is 6.19. The van der Waals surface area contributed by atoms with E-state index in [1.54, 1.807) is 30.6 Å². The van der Waals surface area contributed by atoms with Crippen LogP contribution in [0.3, 0.4) is 0 Å². The molecule has 5 nitrogen and oxygen atoms in total. The van der Waals surface area contributed by atoms with Crippen molar-refractivity contribution in [2.75, 3.05) is 6.54 Å². The summed E-state index contributed by atoms with van der Waals surface area (Å²) < 4.78 is 0. The highest BCUT2D eigenvalue weighted by molar-refractivity contribution is 7.17. The van der Waals surface area contributed by atoms with Crippen molar-refractivity contribution in [3.63, 3.8) is 0 Å².